The van der Waals surface area contributed by atoms with Crippen LogP contribution >= 0.6 is 11.8 Å². The highest BCUT2D eigenvalue weighted by molar-refractivity contribution is 7.99. The fourth-order valence-corrected chi connectivity index (χ4v) is 4.22. The standard InChI is InChI=1S/C20H19F3N4O3S/c21-20(22,23)13-4-1-5-14(10-13)27-17(11-24-18(28)16-7-3-9-30-16)25-26-19(27)31-12-15-6-2-8-29-15/h1,3-5,7,9-10,15H,2,6,8,11-12H2,(H,24,28)/t15-/m1/s1. The number of nitrogens with one attached hydrogen (secondary N) is 1. The van der Waals surface area contributed by atoms with Crippen LogP contribution in [-0.2, 0) is 17.5 Å². The van der Waals surface area contributed by atoms with Gasteiger partial charge < -0.3 is 14.5 Å². The highest BCUT2D eigenvalue weighted by atomic mass is 32.2. The molecule has 1 atom stereocenters. The van der Waals surface area contributed by atoms with Crippen molar-refractivity contribution in [2.24, 2.45) is 0 Å². The van der Waals surface area contributed by atoms with Gasteiger partial charge in [0.25, 0.3) is 5.91 Å². The SMILES string of the molecule is O=C(NCc1nnc(SC[C@H]2CCCO2)n1-c1cccc(C(F)(F)F)c1)c1ccco1. The molecule has 11 heteroatoms. The number of rotatable bonds is 7. The van der Waals surface area contributed by atoms with Gasteiger partial charge in [-0.3, -0.25) is 9.36 Å². The van der Waals surface area contributed by atoms with E-state index in [9.17, 15) is 18.0 Å². The van der Waals surface area contributed by atoms with Crippen molar-refractivity contribution in [3.05, 3.63) is 59.8 Å². The van der Waals surface area contributed by atoms with E-state index in [2.05, 4.69) is 15.5 Å². The molecule has 1 fully saturated rings. The molecule has 1 saturated heterocycles. The lowest BCUT2D eigenvalue weighted by atomic mass is 10.2. The molecule has 0 spiro atoms. The van der Waals surface area contributed by atoms with Gasteiger partial charge in [-0.05, 0) is 43.2 Å². The van der Waals surface area contributed by atoms with Crippen molar-refractivity contribution >= 4 is 17.7 Å². The minimum absolute atomic E-state index is 0.0384. The zero-order valence-corrected chi connectivity index (χ0v) is 17.1. The molecule has 1 aromatic carbocycles. The monoisotopic (exact) mass is 452 g/mol. The van der Waals surface area contributed by atoms with E-state index in [0.29, 0.717) is 23.3 Å². The first kappa shape index (κ1) is 21.4. The second kappa shape index (κ2) is 9.15. The molecule has 3 heterocycles. The smallest absolute Gasteiger partial charge is 0.416 e. The number of hydrogen-bond donors (Lipinski definition) is 1. The van der Waals surface area contributed by atoms with E-state index in [-0.39, 0.29) is 24.1 Å². The summed E-state index contributed by atoms with van der Waals surface area (Å²) >= 11 is 1.36. The van der Waals surface area contributed by atoms with Crippen LogP contribution in [0.4, 0.5) is 13.2 Å². The first-order chi connectivity index (χ1) is 14.9. The molecule has 1 aliphatic rings. The number of ether oxygens (including phenoxy) is 1. The number of halogens is 3. The molecule has 1 amide bonds. The van der Waals surface area contributed by atoms with Gasteiger partial charge in [-0.15, -0.1) is 10.2 Å². The molecule has 2 aromatic heterocycles. The minimum Gasteiger partial charge on any atom is -0.459 e. The Morgan fingerprint density at radius 2 is 2.13 bits per heavy atom. The van der Waals surface area contributed by atoms with Gasteiger partial charge in [0.1, 0.15) is 0 Å². The summed E-state index contributed by atoms with van der Waals surface area (Å²) in [6.07, 6.45) is -1.13. The van der Waals surface area contributed by atoms with Crippen molar-refractivity contribution < 1.29 is 27.1 Å². The van der Waals surface area contributed by atoms with Crippen molar-refractivity contribution in [1.29, 1.82) is 0 Å². The quantitative estimate of drug-likeness (QED) is 0.544. The van der Waals surface area contributed by atoms with E-state index >= 15 is 0 Å². The molecule has 0 saturated carbocycles. The van der Waals surface area contributed by atoms with Crippen molar-refractivity contribution in [3.63, 3.8) is 0 Å². The molecular weight excluding hydrogens is 433 g/mol. The van der Waals surface area contributed by atoms with Gasteiger partial charge in [-0.2, -0.15) is 13.2 Å². The molecule has 1 aliphatic heterocycles. The van der Waals surface area contributed by atoms with Gasteiger partial charge in [0, 0.05) is 12.4 Å². The summed E-state index contributed by atoms with van der Waals surface area (Å²) < 4.78 is 51.9. The molecule has 164 valence electrons. The fraction of sp³-hybridized carbons (Fsp3) is 0.350. The molecule has 0 radical (unpaired) electrons. The van der Waals surface area contributed by atoms with E-state index in [1.54, 1.807) is 12.1 Å². The summed E-state index contributed by atoms with van der Waals surface area (Å²) in [5.74, 6) is 0.569. The van der Waals surface area contributed by atoms with Crippen LogP contribution in [0.25, 0.3) is 5.69 Å². The van der Waals surface area contributed by atoms with E-state index in [4.69, 9.17) is 9.15 Å². The van der Waals surface area contributed by atoms with Gasteiger partial charge in [0.05, 0.1) is 30.2 Å². The number of furan rings is 1. The van der Waals surface area contributed by atoms with Crippen molar-refractivity contribution in [2.75, 3.05) is 12.4 Å². The Labute approximate surface area is 180 Å². The highest BCUT2D eigenvalue weighted by Crippen LogP contribution is 2.32. The average Bonchev–Trinajstić information content (AvgIpc) is 3.52. The zero-order valence-electron chi connectivity index (χ0n) is 16.3. The maximum Gasteiger partial charge on any atom is 0.416 e. The molecule has 4 rings (SSSR count). The lowest BCUT2D eigenvalue weighted by Gasteiger charge is -2.14. The molecule has 3 aromatic rings. The number of carbonyl (C=O) groups excluding carboxylic acids is 1. The van der Waals surface area contributed by atoms with Crippen LogP contribution in [0.5, 0.6) is 0 Å². The first-order valence-electron chi connectivity index (χ1n) is 9.60. The number of amides is 1. The first-order valence-corrected chi connectivity index (χ1v) is 10.6. The van der Waals surface area contributed by atoms with Crippen LogP contribution in [-0.4, -0.2) is 39.1 Å². The van der Waals surface area contributed by atoms with Gasteiger partial charge in [-0.1, -0.05) is 17.8 Å². The van der Waals surface area contributed by atoms with Crippen LogP contribution in [0.2, 0.25) is 0 Å². The number of benzene rings is 1. The maximum absolute atomic E-state index is 13.2. The molecule has 0 unspecified atom stereocenters. The van der Waals surface area contributed by atoms with Crippen LogP contribution in [0.1, 0.15) is 34.8 Å². The van der Waals surface area contributed by atoms with Crippen LogP contribution < -0.4 is 5.32 Å². The van der Waals surface area contributed by atoms with Gasteiger partial charge in [-0.25, -0.2) is 0 Å². The number of nitrogens with zero attached hydrogens (tertiary/aromatic N) is 3. The van der Waals surface area contributed by atoms with E-state index in [1.165, 1.54) is 34.7 Å². The van der Waals surface area contributed by atoms with Crippen LogP contribution in [0.3, 0.4) is 0 Å². The molecule has 7 nitrogen and oxygen atoms in total. The lowest BCUT2D eigenvalue weighted by Crippen LogP contribution is -2.24. The number of hydrogen-bond acceptors (Lipinski definition) is 6. The maximum atomic E-state index is 13.2. The van der Waals surface area contributed by atoms with E-state index < -0.39 is 17.6 Å². The summed E-state index contributed by atoms with van der Waals surface area (Å²) in [4.78, 5) is 12.2. The predicted molar refractivity (Wildman–Crippen MR) is 106 cm³/mol. The molecule has 31 heavy (non-hydrogen) atoms. The third kappa shape index (κ3) is 5.10. The third-order valence-corrected chi connectivity index (χ3v) is 5.77. The third-order valence-electron chi connectivity index (χ3n) is 4.71. The second-order valence-electron chi connectivity index (χ2n) is 6.89. The van der Waals surface area contributed by atoms with Crippen molar-refractivity contribution in [1.82, 2.24) is 20.1 Å². The van der Waals surface area contributed by atoms with Crippen LogP contribution in [0, 0.1) is 0 Å². The minimum atomic E-state index is -4.48. The normalized spacial score (nSPS) is 16.5. The Hall–Kier alpha value is -2.79. The summed E-state index contributed by atoms with van der Waals surface area (Å²) in [5, 5.41) is 11.3. The van der Waals surface area contributed by atoms with Gasteiger partial charge in [0.2, 0.25) is 0 Å². The number of carbonyl (C=O) groups is 1. The van der Waals surface area contributed by atoms with Gasteiger partial charge >= 0.3 is 6.18 Å². The Balaban J connectivity index is 1.60. The summed E-state index contributed by atoms with van der Waals surface area (Å²) in [6.45, 7) is 0.666. The second-order valence-corrected chi connectivity index (χ2v) is 7.88. The molecule has 0 aliphatic carbocycles. The van der Waals surface area contributed by atoms with Gasteiger partial charge in [0.15, 0.2) is 16.7 Å². The highest BCUT2D eigenvalue weighted by Gasteiger charge is 2.31. The van der Waals surface area contributed by atoms with Crippen molar-refractivity contribution in [3.8, 4) is 5.69 Å². The Morgan fingerprint density at radius 1 is 1.26 bits per heavy atom. The molecular formula is C20H19F3N4O3S. The van der Waals surface area contributed by atoms with Crippen molar-refractivity contribution in [2.45, 2.75) is 36.8 Å². The Kier molecular flexibility index (Phi) is 6.33. The summed E-state index contributed by atoms with van der Waals surface area (Å²) in [5.41, 5.74) is -0.517. The number of aromatic nitrogens is 3. The largest absolute Gasteiger partial charge is 0.459 e. The zero-order chi connectivity index (χ0) is 21.8. The van der Waals surface area contributed by atoms with E-state index in [1.807, 2.05) is 0 Å². The number of alkyl halides is 3. The summed E-state index contributed by atoms with van der Waals surface area (Å²) in [7, 11) is 0. The lowest BCUT2D eigenvalue weighted by molar-refractivity contribution is -0.137. The van der Waals surface area contributed by atoms with Crippen LogP contribution in [0.15, 0.2) is 52.2 Å². The average molecular weight is 452 g/mol. The molecule has 1 N–H and O–H groups in total. The Bertz CT molecular complexity index is 1030. The summed E-state index contributed by atoms with van der Waals surface area (Å²) in [6, 6.07) is 8.02. The Morgan fingerprint density at radius 3 is 2.84 bits per heavy atom. The fourth-order valence-electron chi connectivity index (χ4n) is 3.19. The molecule has 0 bridgehead atoms. The predicted octanol–water partition coefficient (Wildman–Crippen LogP) is 4.08. The number of thioether (sulfide) groups is 1. The topological polar surface area (TPSA) is 82.2 Å². The van der Waals surface area contributed by atoms with E-state index in [0.717, 1.165) is 25.0 Å².